The number of pyridine rings is 1. The topological polar surface area (TPSA) is 82.1 Å². The van der Waals surface area contributed by atoms with Crippen LogP contribution in [0, 0.1) is 6.92 Å². The molecule has 5 rings (SSSR count). The summed E-state index contributed by atoms with van der Waals surface area (Å²) in [6.45, 7) is 2.43. The van der Waals surface area contributed by atoms with E-state index >= 15 is 0 Å². The number of aryl methyl sites for hydroxylation is 2. The lowest BCUT2D eigenvalue weighted by molar-refractivity contribution is -0.137. The molecule has 166 valence electrons. The van der Waals surface area contributed by atoms with Crippen LogP contribution in [0.1, 0.15) is 29.2 Å². The number of nitrogens with zero attached hydrogens (tertiary/aromatic N) is 4. The van der Waals surface area contributed by atoms with Gasteiger partial charge in [0.05, 0.1) is 36.2 Å². The number of aromatic nitrogens is 4. The van der Waals surface area contributed by atoms with Crippen molar-refractivity contribution in [1.82, 2.24) is 18.7 Å². The summed E-state index contributed by atoms with van der Waals surface area (Å²) in [6, 6.07) is 16.6. The summed E-state index contributed by atoms with van der Waals surface area (Å²) in [5.41, 5.74) is 5.16. The van der Waals surface area contributed by atoms with Crippen molar-refractivity contribution in [3.05, 3.63) is 100 Å². The number of carbonyl (C=O) groups is 1. The minimum atomic E-state index is -0.963. The molecule has 0 spiro atoms. The number of imidazole rings is 1. The van der Waals surface area contributed by atoms with E-state index in [2.05, 4.69) is 34.8 Å². The summed E-state index contributed by atoms with van der Waals surface area (Å²) in [5, 5.41) is 10.8. The number of benzene rings is 2. The first kappa shape index (κ1) is 20.8. The average molecular weight is 441 g/mol. The summed E-state index contributed by atoms with van der Waals surface area (Å²) in [6.07, 6.45) is 5.16. The minimum Gasteiger partial charge on any atom is -0.481 e. The molecule has 0 saturated heterocycles. The maximum Gasteiger partial charge on any atom is 0.330 e. The Hall–Kier alpha value is -4.13. The molecule has 0 fully saturated rings. The van der Waals surface area contributed by atoms with Crippen LogP contribution in [0.3, 0.4) is 0 Å². The van der Waals surface area contributed by atoms with Crippen LogP contribution in [0.5, 0.6) is 0 Å². The lowest BCUT2D eigenvalue weighted by Gasteiger charge is -2.17. The second-order valence-electron chi connectivity index (χ2n) is 8.36. The fourth-order valence-corrected chi connectivity index (χ4v) is 4.80. The first-order chi connectivity index (χ1) is 16.0. The zero-order valence-electron chi connectivity index (χ0n) is 18.5. The van der Waals surface area contributed by atoms with E-state index in [1.54, 1.807) is 27.6 Å². The van der Waals surface area contributed by atoms with Gasteiger partial charge in [0.25, 0.3) is 0 Å². The number of carboxylic acids is 1. The molecule has 0 bridgehead atoms. The SMILES string of the molecule is Cc1cccc2c1c(Cn1c(=O)n(C(CC(=O)O)c3ccccc3)c3ccncc31)cn2C. The Bertz CT molecular complexity index is 1540. The molecule has 7 nitrogen and oxygen atoms in total. The predicted octanol–water partition coefficient (Wildman–Crippen LogP) is 4.11. The van der Waals surface area contributed by atoms with Crippen molar-refractivity contribution in [1.29, 1.82) is 0 Å². The zero-order valence-corrected chi connectivity index (χ0v) is 18.5. The number of fused-ring (bicyclic) bond motifs is 2. The van der Waals surface area contributed by atoms with Crippen LogP contribution < -0.4 is 5.69 Å². The van der Waals surface area contributed by atoms with E-state index in [9.17, 15) is 14.7 Å². The molecule has 0 aliphatic heterocycles. The third kappa shape index (κ3) is 3.51. The highest BCUT2D eigenvalue weighted by Gasteiger charge is 2.25. The van der Waals surface area contributed by atoms with Gasteiger partial charge in [-0.2, -0.15) is 0 Å². The molecule has 3 heterocycles. The van der Waals surface area contributed by atoms with Crippen molar-refractivity contribution >= 4 is 27.9 Å². The highest BCUT2D eigenvalue weighted by atomic mass is 16.4. The molecule has 2 aromatic carbocycles. The lowest BCUT2D eigenvalue weighted by Crippen LogP contribution is -2.29. The Balaban J connectivity index is 1.73. The number of aliphatic carboxylic acids is 1. The van der Waals surface area contributed by atoms with Crippen LogP contribution in [0.25, 0.3) is 21.9 Å². The Morgan fingerprint density at radius 1 is 1.03 bits per heavy atom. The number of carboxylic acid groups (broad SMARTS) is 1. The summed E-state index contributed by atoms with van der Waals surface area (Å²) < 4.78 is 5.36. The van der Waals surface area contributed by atoms with Crippen molar-refractivity contribution in [3.63, 3.8) is 0 Å². The Kier molecular flexibility index (Phi) is 5.09. The first-order valence-corrected chi connectivity index (χ1v) is 10.8. The van der Waals surface area contributed by atoms with Gasteiger partial charge in [0.2, 0.25) is 0 Å². The molecule has 1 N–H and O–H groups in total. The number of rotatable bonds is 6. The van der Waals surface area contributed by atoms with Crippen molar-refractivity contribution in [2.75, 3.05) is 0 Å². The molecule has 0 aliphatic rings. The van der Waals surface area contributed by atoms with Crippen molar-refractivity contribution in [3.8, 4) is 0 Å². The summed E-state index contributed by atoms with van der Waals surface area (Å²) >= 11 is 0. The maximum absolute atomic E-state index is 13.8. The molecule has 3 aromatic heterocycles. The van der Waals surface area contributed by atoms with E-state index in [-0.39, 0.29) is 12.1 Å². The highest BCUT2D eigenvalue weighted by molar-refractivity contribution is 5.87. The molecule has 0 aliphatic carbocycles. The van der Waals surface area contributed by atoms with Gasteiger partial charge in [0.15, 0.2) is 0 Å². The van der Waals surface area contributed by atoms with E-state index in [0.717, 1.165) is 27.6 Å². The Morgan fingerprint density at radius 3 is 2.58 bits per heavy atom. The van der Waals surface area contributed by atoms with E-state index in [0.29, 0.717) is 17.6 Å². The molecular formula is C26H24N4O3. The Labute approximate surface area is 190 Å². The smallest absolute Gasteiger partial charge is 0.330 e. The molecule has 7 heteroatoms. The molecule has 1 atom stereocenters. The third-order valence-corrected chi connectivity index (χ3v) is 6.26. The van der Waals surface area contributed by atoms with Crippen LogP contribution in [0.4, 0.5) is 0 Å². The number of hydrogen-bond donors (Lipinski definition) is 1. The minimum absolute atomic E-state index is 0.196. The van der Waals surface area contributed by atoms with Crippen LogP contribution >= 0.6 is 0 Å². The summed E-state index contributed by atoms with van der Waals surface area (Å²) in [5.74, 6) is -0.963. The summed E-state index contributed by atoms with van der Waals surface area (Å²) in [7, 11) is 2.00. The van der Waals surface area contributed by atoms with Gasteiger partial charge in [-0.3, -0.25) is 18.9 Å². The molecule has 0 amide bonds. The Morgan fingerprint density at radius 2 is 1.82 bits per heavy atom. The van der Waals surface area contributed by atoms with Gasteiger partial charge in [0, 0.05) is 30.3 Å². The fraction of sp³-hybridized carbons (Fsp3) is 0.192. The maximum atomic E-state index is 13.8. The molecule has 5 aromatic rings. The normalized spacial score (nSPS) is 12.4. The van der Waals surface area contributed by atoms with E-state index < -0.39 is 12.0 Å². The molecule has 0 radical (unpaired) electrons. The molecule has 0 saturated carbocycles. The standard InChI is InChI=1S/C26H24N4O3/c1-17-7-6-10-21-25(17)19(15-28(21)2)16-29-23-14-27-12-11-20(23)30(26(29)33)22(13-24(31)32)18-8-4-3-5-9-18/h3-12,14-15,22H,13,16H2,1-2H3,(H,31,32). The van der Waals surface area contributed by atoms with Crippen molar-refractivity contribution < 1.29 is 9.90 Å². The van der Waals surface area contributed by atoms with Gasteiger partial charge >= 0.3 is 11.7 Å². The van der Waals surface area contributed by atoms with E-state index in [1.165, 1.54) is 0 Å². The highest BCUT2D eigenvalue weighted by Crippen LogP contribution is 2.28. The van der Waals surface area contributed by atoms with Crippen molar-refractivity contribution in [2.24, 2.45) is 7.05 Å². The van der Waals surface area contributed by atoms with E-state index in [1.807, 2.05) is 43.4 Å². The third-order valence-electron chi connectivity index (χ3n) is 6.26. The first-order valence-electron chi connectivity index (χ1n) is 10.8. The van der Waals surface area contributed by atoms with Crippen LogP contribution in [-0.2, 0) is 18.4 Å². The molecular weight excluding hydrogens is 416 g/mol. The second kappa shape index (κ2) is 8.09. The van der Waals surface area contributed by atoms with Gasteiger partial charge in [0.1, 0.15) is 0 Å². The van der Waals surface area contributed by atoms with Gasteiger partial charge in [-0.15, -0.1) is 0 Å². The van der Waals surface area contributed by atoms with Gasteiger partial charge < -0.3 is 9.67 Å². The van der Waals surface area contributed by atoms with Crippen molar-refractivity contribution in [2.45, 2.75) is 25.9 Å². The second-order valence-corrected chi connectivity index (χ2v) is 8.36. The van der Waals surface area contributed by atoms with E-state index in [4.69, 9.17) is 0 Å². The fourth-order valence-electron chi connectivity index (χ4n) is 4.80. The van der Waals surface area contributed by atoms with Crippen LogP contribution in [0.2, 0.25) is 0 Å². The summed E-state index contributed by atoms with van der Waals surface area (Å²) in [4.78, 5) is 29.8. The van der Waals surface area contributed by atoms with Crippen LogP contribution in [-0.4, -0.2) is 29.8 Å². The van der Waals surface area contributed by atoms with Gasteiger partial charge in [-0.05, 0) is 35.7 Å². The van der Waals surface area contributed by atoms with Gasteiger partial charge in [-0.1, -0.05) is 42.5 Å². The zero-order chi connectivity index (χ0) is 23.1. The average Bonchev–Trinajstić information content (AvgIpc) is 3.28. The lowest BCUT2D eigenvalue weighted by atomic mass is 10.0. The molecule has 1 unspecified atom stereocenters. The number of hydrogen-bond acceptors (Lipinski definition) is 3. The quantitative estimate of drug-likeness (QED) is 0.431. The monoisotopic (exact) mass is 440 g/mol. The van der Waals surface area contributed by atoms with Crippen LogP contribution in [0.15, 0.2) is 78.0 Å². The molecule has 33 heavy (non-hydrogen) atoms. The predicted molar refractivity (Wildman–Crippen MR) is 128 cm³/mol. The largest absolute Gasteiger partial charge is 0.481 e. The van der Waals surface area contributed by atoms with Gasteiger partial charge in [-0.25, -0.2) is 4.79 Å².